The molecule has 7 heteroatoms. The quantitative estimate of drug-likeness (QED) is 0.927. The predicted octanol–water partition coefficient (Wildman–Crippen LogP) is 2.72. The van der Waals surface area contributed by atoms with Gasteiger partial charge in [0, 0.05) is 31.1 Å². The fourth-order valence-corrected chi connectivity index (χ4v) is 4.00. The molecule has 0 unspecified atom stereocenters. The number of nitrogens with one attached hydrogen (secondary N) is 1. The van der Waals surface area contributed by atoms with Gasteiger partial charge in [0.2, 0.25) is 0 Å². The van der Waals surface area contributed by atoms with E-state index in [4.69, 9.17) is 10.2 Å². The largest absolute Gasteiger partial charge is 0.353 e. The second-order valence-corrected chi connectivity index (χ2v) is 7.51. The Morgan fingerprint density at radius 2 is 2.08 bits per heavy atom. The van der Waals surface area contributed by atoms with Crippen molar-refractivity contribution in [3.8, 4) is 6.07 Å². The molecule has 3 heterocycles. The SMILES string of the molecule is N#Cc1cnc(N2C[C@H](c3nc(C4CC4)n[nH]3)[C@@H](C3CC3)C2)c(F)c1. The lowest BCUT2D eigenvalue weighted by molar-refractivity contribution is 0.444. The van der Waals surface area contributed by atoms with Gasteiger partial charge < -0.3 is 4.90 Å². The van der Waals surface area contributed by atoms with Gasteiger partial charge in [-0.1, -0.05) is 0 Å². The van der Waals surface area contributed by atoms with E-state index in [1.807, 2.05) is 11.0 Å². The summed E-state index contributed by atoms with van der Waals surface area (Å²) in [6.45, 7) is 1.47. The first-order valence-corrected chi connectivity index (χ1v) is 8.95. The molecule has 2 aromatic heterocycles. The van der Waals surface area contributed by atoms with Crippen LogP contribution in [0.3, 0.4) is 0 Å². The molecular weight excluding hydrogens is 319 g/mol. The number of aromatic nitrogens is 4. The maximum atomic E-state index is 14.4. The molecule has 0 spiro atoms. The third-order valence-electron chi connectivity index (χ3n) is 5.66. The van der Waals surface area contributed by atoms with Crippen LogP contribution in [0.15, 0.2) is 12.3 Å². The number of hydrogen-bond donors (Lipinski definition) is 1. The molecule has 2 saturated carbocycles. The number of hydrogen-bond acceptors (Lipinski definition) is 5. The Hall–Kier alpha value is -2.49. The summed E-state index contributed by atoms with van der Waals surface area (Å²) in [5, 5.41) is 16.4. The monoisotopic (exact) mass is 338 g/mol. The van der Waals surface area contributed by atoms with Crippen molar-refractivity contribution in [2.75, 3.05) is 18.0 Å². The average molecular weight is 338 g/mol. The average Bonchev–Trinajstić information content (AvgIpc) is 3.55. The third-order valence-corrected chi connectivity index (χ3v) is 5.66. The topological polar surface area (TPSA) is 81.5 Å². The fraction of sp³-hybridized carbons (Fsp3) is 0.556. The Morgan fingerprint density at radius 1 is 1.24 bits per heavy atom. The van der Waals surface area contributed by atoms with Crippen LogP contribution < -0.4 is 4.90 Å². The number of anilines is 1. The molecule has 0 amide bonds. The lowest BCUT2D eigenvalue weighted by Crippen LogP contribution is -2.22. The number of halogens is 1. The lowest BCUT2D eigenvalue weighted by atomic mass is 9.91. The first kappa shape index (κ1) is 14.8. The van der Waals surface area contributed by atoms with Gasteiger partial charge in [0.15, 0.2) is 17.5 Å². The molecule has 0 aromatic carbocycles. The van der Waals surface area contributed by atoms with Crippen LogP contribution in [0.5, 0.6) is 0 Å². The van der Waals surface area contributed by atoms with Crippen molar-refractivity contribution in [3.63, 3.8) is 0 Å². The van der Waals surface area contributed by atoms with Crippen molar-refractivity contribution < 1.29 is 4.39 Å². The smallest absolute Gasteiger partial charge is 0.166 e. The number of H-pyrrole nitrogens is 1. The van der Waals surface area contributed by atoms with Gasteiger partial charge in [0.25, 0.3) is 0 Å². The van der Waals surface area contributed by atoms with Crippen molar-refractivity contribution >= 4 is 5.82 Å². The zero-order chi connectivity index (χ0) is 17.0. The number of rotatable bonds is 4. The van der Waals surface area contributed by atoms with E-state index >= 15 is 0 Å². The van der Waals surface area contributed by atoms with Gasteiger partial charge in [-0.05, 0) is 43.6 Å². The van der Waals surface area contributed by atoms with Gasteiger partial charge in [-0.2, -0.15) is 10.4 Å². The van der Waals surface area contributed by atoms with Gasteiger partial charge in [-0.25, -0.2) is 14.4 Å². The zero-order valence-corrected chi connectivity index (χ0v) is 13.8. The van der Waals surface area contributed by atoms with Gasteiger partial charge in [-0.15, -0.1) is 0 Å². The van der Waals surface area contributed by atoms with Crippen LogP contribution in [0.25, 0.3) is 0 Å². The molecule has 1 aliphatic heterocycles. The third kappa shape index (κ3) is 2.66. The second-order valence-electron chi connectivity index (χ2n) is 7.51. The van der Waals surface area contributed by atoms with Crippen LogP contribution in [0, 0.1) is 29.0 Å². The van der Waals surface area contributed by atoms with Crippen LogP contribution in [0.4, 0.5) is 10.2 Å². The minimum Gasteiger partial charge on any atom is -0.353 e. The summed E-state index contributed by atoms with van der Waals surface area (Å²) in [6.07, 6.45) is 6.28. The van der Waals surface area contributed by atoms with Crippen molar-refractivity contribution in [1.82, 2.24) is 20.2 Å². The van der Waals surface area contributed by atoms with Crippen LogP contribution >= 0.6 is 0 Å². The number of pyridine rings is 1. The molecule has 0 radical (unpaired) electrons. The van der Waals surface area contributed by atoms with E-state index in [0.29, 0.717) is 30.1 Å². The van der Waals surface area contributed by atoms with Gasteiger partial charge in [0.1, 0.15) is 11.9 Å². The van der Waals surface area contributed by atoms with E-state index in [1.165, 1.54) is 37.9 Å². The van der Waals surface area contributed by atoms with E-state index < -0.39 is 5.82 Å². The number of aromatic amines is 1. The first-order valence-electron chi connectivity index (χ1n) is 8.95. The maximum absolute atomic E-state index is 14.4. The van der Waals surface area contributed by atoms with E-state index in [0.717, 1.165) is 18.2 Å². The van der Waals surface area contributed by atoms with Gasteiger partial charge in [0.05, 0.1) is 5.56 Å². The molecule has 0 bridgehead atoms. The second kappa shape index (κ2) is 5.51. The highest BCUT2D eigenvalue weighted by Crippen LogP contribution is 2.48. The Labute approximate surface area is 145 Å². The van der Waals surface area contributed by atoms with Gasteiger partial charge in [-0.3, -0.25) is 5.10 Å². The normalized spacial score (nSPS) is 26.0. The fourth-order valence-electron chi connectivity index (χ4n) is 4.00. The minimum absolute atomic E-state index is 0.240. The van der Waals surface area contributed by atoms with Crippen LogP contribution in [0.1, 0.15) is 54.7 Å². The Morgan fingerprint density at radius 3 is 2.76 bits per heavy atom. The molecule has 3 aliphatic rings. The lowest BCUT2D eigenvalue weighted by Gasteiger charge is -2.17. The van der Waals surface area contributed by atoms with Crippen molar-refractivity contribution in [1.29, 1.82) is 5.26 Å². The van der Waals surface area contributed by atoms with Crippen LogP contribution in [0.2, 0.25) is 0 Å². The molecule has 1 N–H and O–H groups in total. The Kier molecular flexibility index (Phi) is 3.27. The van der Waals surface area contributed by atoms with Crippen molar-refractivity contribution in [2.24, 2.45) is 11.8 Å². The molecule has 2 atom stereocenters. The molecule has 2 aromatic rings. The number of nitriles is 1. The minimum atomic E-state index is -0.425. The summed E-state index contributed by atoms with van der Waals surface area (Å²) in [5.41, 5.74) is 0.250. The Balaban J connectivity index is 1.42. The summed E-state index contributed by atoms with van der Waals surface area (Å²) in [5.74, 6) is 3.70. The highest BCUT2D eigenvalue weighted by molar-refractivity contribution is 5.46. The molecule has 3 fully saturated rings. The standard InChI is InChI=1S/C18H19FN6/c19-15-5-10(6-20)7-21-18(15)25-8-13(11-1-2-11)14(9-25)17-22-16(23-24-17)12-3-4-12/h5,7,11-14H,1-4,8-9H2,(H,22,23,24)/t13-,14+/m1/s1. The highest BCUT2D eigenvalue weighted by Gasteiger charge is 2.45. The predicted molar refractivity (Wildman–Crippen MR) is 88.4 cm³/mol. The maximum Gasteiger partial charge on any atom is 0.166 e. The first-order chi connectivity index (χ1) is 12.2. The van der Waals surface area contributed by atoms with E-state index in [2.05, 4.69) is 15.2 Å². The molecule has 1 saturated heterocycles. The molecule has 25 heavy (non-hydrogen) atoms. The molecular formula is C18H19FN6. The van der Waals surface area contributed by atoms with Crippen molar-refractivity contribution in [2.45, 2.75) is 37.5 Å². The van der Waals surface area contributed by atoms with Crippen molar-refractivity contribution in [3.05, 3.63) is 35.3 Å². The summed E-state index contributed by atoms with van der Waals surface area (Å²) < 4.78 is 14.4. The summed E-state index contributed by atoms with van der Waals surface area (Å²) in [7, 11) is 0. The van der Waals surface area contributed by atoms with Gasteiger partial charge >= 0.3 is 0 Å². The van der Waals surface area contributed by atoms with Crippen LogP contribution in [-0.2, 0) is 0 Å². The summed E-state index contributed by atoms with van der Waals surface area (Å²) >= 11 is 0. The molecule has 6 nitrogen and oxygen atoms in total. The molecule has 2 aliphatic carbocycles. The van der Waals surface area contributed by atoms with E-state index in [9.17, 15) is 4.39 Å². The zero-order valence-electron chi connectivity index (χ0n) is 13.8. The van der Waals surface area contributed by atoms with E-state index in [1.54, 1.807) is 0 Å². The Bertz CT molecular complexity index is 847. The van der Waals surface area contributed by atoms with Crippen LogP contribution in [-0.4, -0.2) is 33.3 Å². The summed E-state index contributed by atoms with van der Waals surface area (Å²) in [6, 6.07) is 3.20. The highest BCUT2D eigenvalue weighted by atomic mass is 19.1. The van der Waals surface area contributed by atoms with E-state index in [-0.39, 0.29) is 11.5 Å². The molecule has 128 valence electrons. The number of nitrogens with zero attached hydrogens (tertiary/aromatic N) is 5. The summed E-state index contributed by atoms with van der Waals surface area (Å²) in [4.78, 5) is 10.9. The molecule has 5 rings (SSSR count).